The van der Waals surface area contributed by atoms with E-state index in [1.807, 2.05) is 6.08 Å². The maximum absolute atomic E-state index is 11.0. The van der Waals surface area contributed by atoms with E-state index in [-0.39, 0.29) is 11.8 Å². The van der Waals surface area contributed by atoms with E-state index in [9.17, 15) is 4.79 Å². The first-order valence-corrected chi connectivity index (χ1v) is 4.17. The summed E-state index contributed by atoms with van der Waals surface area (Å²) in [5.74, 6) is 1.61. The lowest BCUT2D eigenvalue weighted by Crippen LogP contribution is -2.58. The van der Waals surface area contributed by atoms with Crippen LogP contribution in [0.1, 0.15) is 13.3 Å². The smallest absolute Gasteiger partial charge is 0.225 e. The van der Waals surface area contributed by atoms with Gasteiger partial charge in [0.15, 0.2) is 0 Å². The minimum Gasteiger partial charge on any atom is -0.352 e. The van der Waals surface area contributed by atoms with Crippen molar-refractivity contribution in [2.45, 2.75) is 19.4 Å². The second kappa shape index (κ2) is 2.10. The van der Waals surface area contributed by atoms with Gasteiger partial charge in [-0.25, -0.2) is 0 Å². The molecule has 2 heteroatoms. The van der Waals surface area contributed by atoms with Gasteiger partial charge in [-0.05, 0) is 18.3 Å². The standard InChI is InChI=1S/C9H13NO/c1-3-6-4-5(2)7-8(6)10-9(7)11/h3,5-8H,1,4H2,2H3,(H,10,11). The number of nitrogens with one attached hydrogen (secondary N) is 1. The van der Waals surface area contributed by atoms with Crippen molar-refractivity contribution >= 4 is 5.91 Å². The second-order valence-corrected chi connectivity index (χ2v) is 3.67. The van der Waals surface area contributed by atoms with Gasteiger partial charge in [0.2, 0.25) is 5.91 Å². The Hall–Kier alpha value is -0.790. The number of rotatable bonds is 1. The van der Waals surface area contributed by atoms with Crippen LogP contribution in [0.5, 0.6) is 0 Å². The Bertz CT molecular complexity index is 212. The highest BCUT2D eigenvalue weighted by Gasteiger charge is 2.51. The van der Waals surface area contributed by atoms with E-state index in [2.05, 4.69) is 18.8 Å². The summed E-state index contributed by atoms with van der Waals surface area (Å²) >= 11 is 0. The molecule has 2 fully saturated rings. The molecule has 60 valence electrons. The van der Waals surface area contributed by atoms with Crippen LogP contribution in [-0.4, -0.2) is 11.9 Å². The number of amides is 1. The highest BCUT2D eigenvalue weighted by atomic mass is 16.2. The molecule has 1 heterocycles. The molecule has 1 amide bonds. The van der Waals surface area contributed by atoms with Crippen LogP contribution >= 0.6 is 0 Å². The van der Waals surface area contributed by atoms with E-state index < -0.39 is 0 Å². The molecule has 1 saturated carbocycles. The van der Waals surface area contributed by atoms with Gasteiger partial charge in [-0.2, -0.15) is 0 Å². The lowest BCUT2D eigenvalue weighted by atomic mass is 9.86. The molecule has 2 rings (SSSR count). The van der Waals surface area contributed by atoms with Gasteiger partial charge in [0, 0.05) is 6.04 Å². The Morgan fingerprint density at radius 3 is 2.91 bits per heavy atom. The number of carbonyl (C=O) groups is 1. The fraction of sp³-hybridized carbons (Fsp3) is 0.667. The van der Waals surface area contributed by atoms with Gasteiger partial charge in [-0.1, -0.05) is 13.0 Å². The first-order chi connectivity index (χ1) is 5.24. The Balaban J connectivity index is 2.16. The largest absolute Gasteiger partial charge is 0.352 e. The lowest BCUT2D eigenvalue weighted by Gasteiger charge is -2.35. The molecule has 0 spiro atoms. The molecule has 1 N–H and O–H groups in total. The van der Waals surface area contributed by atoms with Gasteiger partial charge in [-0.3, -0.25) is 4.79 Å². The average molecular weight is 151 g/mol. The third-order valence-corrected chi connectivity index (χ3v) is 3.02. The summed E-state index contributed by atoms with van der Waals surface area (Å²) in [6.45, 7) is 5.92. The fourth-order valence-corrected chi connectivity index (χ4v) is 2.37. The third-order valence-electron chi connectivity index (χ3n) is 3.02. The van der Waals surface area contributed by atoms with Crippen molar-refractivity contribution in [1.29, 1.82) is 0 Å². The maximum Gasteiger partial charge on any atom is 0.225 e. The zero-order valence-electron chi connectivity index (χ0n) is 6.71. The summed E-state index contributed by atoms with van der Waals surface area (Å²) in [7, 11) is 0. The first-order valence-electron chi connectivity index (χ1n) is 4.17. The molecule has 0 radical (unpaired) electrons. The predicted molar refractivity (Wildman–Crippen MR) is 42.9 cm³/mol. The Morgan fingerprint density at radius 2 is 2.45 bits per heavy atom. The molecule has 4 atom stereocenters. The second-order valence-electron chi connectivity index (χ2n) is 3.67. The predicted octanol–water partition coefficient (Wildman–Crippen LogP) is 0.943. The molecule has 4 unspecified atom stereocenters. The minimum atomic E-state index is 0.242. The van der Waals surface area contributed by atoms with Crippen LogP contribution in [0.2, 0.25) is 0 Å². The normalized spacial score (nSPS) is 47.5. The maximum atomic E-state index is 11.0. The summed E-state index contributed by atoms with van der Waals surface area (Å²) in [4.78, 5) is 11.0. The number of hydrogen-bond donors (Lipinski definition) is 1. The molecular formula is C9H13NO. The molecular weight excluding hydrogens is 138 g/mol. The van der Waals surface area contributed by atoms with Crippen LogP contribution < -0.4 is 5.32 Å². The summed E-state index contributed by atoms with van der Waals surface area (Å²) in [6.07, 6.45) is 3.10. The van der Waals surface area contributed by atoms with E-state index in [1.54, 1.807) is 0 Å². The number of hydrogen-bond acceptors (Lipinski definition) is 1. The van der Waals surface area contributed by atoms with E-state index in [4.69, 9.17) is 0 Å². The van der Waals surface area contributed by atoms with Crippen molar-refractivity contribution in [1.82, 2.24) is 5.32 Å². The molecule has 0 aromatic rings. The van der Waals surface area contributed by atoms with Crippen LogP contribution in [0.4, 0.5) is 0 Å². The van der Waals surface area contributed by atoms with Gasteiger partial charge in [0.1, 0.15) is 0 Å². The molecule has 11 heavy (non-hydrogen) atoms. The highest BCUT2D eigenvalue weighted by Crippen LogP contribution is 2.42. The molecule has 0 bridgehead atoms. The molecule has 0 aromatic carbocycles. The lowest BCUT2D eigenvalue weighted by molar-refractivity contribution is -0.135. The monoisotopic (exact) mass is 151 g/mol. The highest BCUT2D eigenvalue weighted by molar-refractivity contribution is 5.87. The summed E-state index contributed by atoms with van der Waals surface area (Å²) in [5, 5.41) is 2.93. The topological polar surface area (TPSA) is 29.1 Å². The zero-order chi connectivity index (χ0) is 8.01. The quantitative estimate of drug-likeness (QED) is 0.438. The van der Waals surface area contributed by atoms with Crippen molar-refractivity contribution in [3.63, 3.8) is 0 Å². The van der Waals surface area contributed by atoms with E-state index in [1.165, 1.54) is 0 Å². The molecule has 0 aromatic heterocycles. The minimum absolute atomic E-state index is 0.242. The molecule has 1 saturated heterocycles. The van der Waals surface area contributed by atoms with Crippen molar-refractivity contribution in [2.24, 2.45) is 17.8 Å². The Labute approximate surface area is 66.7 Å². The van der Waals surface area contributed by atoms with Gasteiger partial charge in [-0.15, -0.1) is 6.58 Å². The molecule has 2 nitrogen and oxygen atoms in total. The van der Waals surface area contributed by atoms with E-state index in [0.717, 1.165) is 6.42 Å². The summed E-state index contributed by atoms with van der Waals surface area (Å²) in [6, 6.07) is 0.412. The van der Waals surface area contributed by atoms with Crippen LogP contribution in [0.3, 0.4) is 0 Å². The van der Waals surface area contributed by atoms with E-state index >= 15 is 0 Å². The summed E-state index contributed by atoms with van der Waals surface area (Å²) < 4.78 is 0. The van der Waals surface area contributed by atoms with Crippen LogP contribution in [0.15, 0.2) is 12.7 Å². The zero-order valence-corrected chi connectivity index (χ0v) is 6.71. The van der Waals surface area contributed by atoms with E-state index in [0.29, 0.717) is 17.9 Å². The van der Waals surface area contributed by atoms with Gasteiger partial charge >= 0.3 is 0 Å². The SMILES string of the molecule is C=CC1CC(C)C2C(=O)NC12. The number of fused-ring (bicyclic) bond motifs is 1. The van der Waals surface area contributed by atoms with Crippen molar-refractivity contribution in [2.75, 3.05) is 0 Å². The Kier molecular flexibility index (Phi) is 1.31. The van der Waals surface area contributed by atoms with Crippen molar-refractivity contribution in [3.05, 3.63) is 12.7 Å². The van der Waals surface area contributed by atoms with Gasteiger partial charge in [0.05, 0.1) is 5.92 Å². The van der Waals surface area contributed by atoms with Crippen molar-refractivity contribution in [3.8, 4) is 0 Å². The summed E-state index contributed by atoms with van der Waals surface area (Å²) in [5.41, 5.74) is 0. The van der Waals surface area contributed by atoms with Crippen LogP contribution in [-0.2, 0) is 4.79 Å². The molecule has 2 aliphatic rings. The van der Waals surface area contributed by atoms with Crippen LogP contribution in [0.25, 0.3) is 0 Å². The molecule has 1 aliphatic carbocycles. The third kappa shape index (κ3) is 0.753. The Morgan fingerprint density at radius 1 is 1.73 bits per heavy atom. The van der Waals surface area contributed by atoms with Gasteiger partial charge < -0.3 is 5.32 Å². The van der Waals surface area contributed by atoms with Crippen molar-refractivity contribution < 1.29 is 4.79 Å². The van der Waals surface area contributed by atoms with Gasteiger partial charge in [0.25, 0.3) is 0 Å². The first kappa shape index (κ1) is 6.89. The number of carbonyl (C=O) groups excluding carboxylic acids is 1. The average Bonchev–Trinajstić information content (AvgIpc) is 2.20. The molecule has 1 aliphatic heterocycles. The number of β-lactam (4-membered cyclic amide) rings is 1. The van der Waals surface area contributed by atoms with Crippen LogP contribution in [0, 0.1) is 17.8 Å². The fourth-order valence-electron chi connectivity index (χ4n) is 2.37.